The molecule has 0 aliphatic carbocycles. The smallest absolute Gasteiger partial charge is 0.224 e. The maximum atomic E-state index is 12.1. The van der Waals surface area contributed by atoms with Crippen LogP contribution in [-0.4, -0.2) is 27.7 Å². The van der Waals surface area contributed by atoms with Crippen LogP contribution in [0.4, 0.5) is 11.4 Å². The molecule has 0 spiro atoms. The van der Waals surface area contributed by atoms with Gasteiger partial charge >= 0.3 is 0 Å². The molecular formula is C31H32ClN5O2S. The first-order chi connectivity index (χ1) is 19.2. The van der Waals surface area contributed by atoms with Crippen molar-refractivity contribution in [3.8, 4) is 11.4 Å². The van der Waals surface area contributed by atoms with E-state index in [0.717, 1.165) is 34.0 Å². The second-order valence-electron chi connectivity index (χ2n) is 9.81. The molecule has 206 valence electrons. The number of anilines is 2. The van der Waals surface area contributed by atoms with E-state index in [4.69, 9.17) is 33.5 Å². The number of nitrogens with zero attached hydrogens (tertiary/aromatic N) is 3. The molecule has 1 fully saturated rings. The van der Waals surface area contributed by atoms with E-state index in [2.05, 4.69) is 46.9 Å². The van der Waals surface area contributed by atoms with Gasteiger partial charge in [0.25, 0.3) is 0 Å². The molecule has 2 atom stereocenters. The number of amides is 1. The minimum Gasteiger partial charge on any atom is -0.494 e. The average molecular weight is 574 g/mol. The van der Waals surface area contributed by atoms with Crippen molar-refractivity contribution in [1.82, 2.24) is 14.9 Å². The number of benzene rings is 2. The Morgan fingerprint density at radius 1 is 1.07 bits per heavy atom. The average Bonchev–Trinajstić information content (AvgIpc) is 3.40. The summed E-state index contributed by atoms with van der Waals surface area (Å²) in [6, 6.07) is 19.1. The highest BCUT2D eigenvalue weighted by Crippen LogP contribution is 2.46. The fourth-order valence-electron chi connectivity index (χ4n) is 5.54. The Bertz CT molecular complexity index is 1590. The Kier molecular flexibility index (Phi) is 7.83. The molecule has 1 amide bonds. The summed E-state index contributed by atoms with van der Waals surface area (Å²) in [5.41, 5.74) is 7.90. The van der Waals surface area contributed by atoms with E-state index < -0.39 is 0 Å². The highest BCUT2D eigenvalue weighted by Gasteiger charge is 2.43. The third kappa shape index (κ3) is 4.93. The molecule has 1 saturated heterocycles. The van der Waals surface area contributed by atoms with Crippen LogP contribution in [0.2, 0.25) is 5.02 Å². The van der Waals surface area contributed by atoms with Crippen molar-refractivity contribution < 1.29 is 9.53 Å². The number of carbonyl (C=O) groups is 1. The van der Waals surface area contributed by atoms with E-state index in [1.165, 1.54) is 5.56 Å². The fourth-order valence-corrected chi connectivity index (χ4v) is 6.07. The number of nitrogens with one attached hydrogen (secondary N) is 2. The molecule has 2 aromatic carbocycles. The van der Waals surface area contributed by atoms with Gasteiger partial charge in [-0.3, -0.25) is 9.78 Å². The SMILES string of the molecule is CCC(=O)Nc1ccc(N2C(=S)N[C@H](c3ccccn3)[C@H]2c2c(C)c(C)n(-c3cccc(Cl)c3)c2C)cc1OC. The molecule has 1 aliphatic heterocycles. The highest BCUT2D eigenvalue weighted by atomic mass is 35.5. The molecule has 2 N–H and O–H groups in total. The van der Waals surface area contributed by atoms with Gasteiger partial charge in [-0.25, -0.2) is 0 Å². The molecule has 3 heterocycles. The predicted molar refractivity (Wildman–Crippen MR) is 165 cm³/mol. The molecular weight excluding hydrogens is 542 g/mol. The Balaban J connectivity index is 1.69. The minimum atomic E-state index is -0.206. The van der Waals surface area contributed by atoms with E-state index >= 15 is 0 Å². The Labute approximate surface area is 245 Å². The van der Waals surface area contributed by atoms with Gasteiger partial charge in [-0.05, 0) is 81.0 Å². The quantitative estimate of drug-likeness (QED) is 0.232. The van der Waals surface area contributed by atoms with Crippen LogP contribution in [0.5, 0.6) is 5.75 Å². The molecule has 0 radical (unpaired) electrons. The zero-order chi connectivity index (χ0) is 28.6. The fraction of sp³-hybridized carbons (Fsp3) is 0.258. The van der Waals surface area contributed by atoms with Gasteiger partial charge in [-0.1, -0.05) is 30.7 Å². The zero-order valence-electron chi connectivity index (χ0n) is 23.2. The van der Waals surface area contributed by atoms with Crippen LogP contribution in [0.25, 0.3) is 5.69 Å². The van der Waals surface area contributed by atoms with Crippen LogP contribution in [0, 0.1) is 20.8 Å². The van der Waals surface area contributed by atoms with Crippen molar-refractivity contribution in [3.63, 3.8) is 0 Å². The number of thiocarbonyl (C=S) groups is 1. The van der Waals surface area contributed by atoms with E-state index in [9.17, 15) is 4.79 Å². The number of hydrogen-bond donors (Lipinski definition) is 2. The van der Waals surface area contributed by atoms with Crippen LogP contribution < -0.4 is 20.3 Å². The first-order valence-electron chi connectivity index (χ1n) is 13.2. The molecule has 0 unspecified atom stereocenters. The number of pyridine rings is 1. The topological polar surface area (TPSA) is 71.4 Å². The van der Waals surface area contributed by atoms with Gasteiger partial charge in [-0.15, -0.1) is 0 Å². The summed E-state index contributed by atoms with van der Waals surface area (Å²) in [5, 5.41) is 7.73. The number of ether oxygens (including phenoxy) is 1. The van der Waals surface area contributed by atoms with Gasteiger partial charge in [0.1, 0.15) is 5.75 Å². The Hall–Kier alpha value is -3.88. The van der Waals surface area contributed by atoms with Crippen molar-refractivity contribution in [1.29, 1.82) is 0 Å². The van der Waals surface area contributed by atoms with Gasteiger partial charge in [0, 0.05) is 52.0 Å². The van der Waals surface area contributed by atoms with Gasteiger partial charge in [0.2, 0.25) is 5.91 Å². The van der Waals surface area contributed by atoms with Gasteiger partial charge in [0.05, 0.1) is 30.6 Å². The van der Waals surface area contributed by atoms with Crippen molar-refractivity contribution in [2.24, 2.45) is 0 Å². The Morgan fingerprint density at radius 3 is 2.55 bits per heavy atom. The molecule has 7 nitrogen and oxygen atoms in total. The van der Waals surface area contributed by atoms with Crippen LogP contribution >= 0.6 is 23.8 Å². The lowest BCUT2D eigenvalue weighted by Gasteiger charge is -2.29. The van der Waals surface area contributed by atoms with Gasteiger partial charge in [0.15, 0.2) is 5.11 Å². The van der Waals surface area contributed by atoms with Crippen molar-refractivity contribution >= 4 is 46.2 Å². The van der Waals surface area contributed by atoms with Crippen LogP contribution in [-0.2, 0) is 4.79 Å². The number of aromatic nitrogens is 2. The van der Waals surface area contributed by atoms with Crippen LogP contribution in [0.1, 0.15) is 53.6 Å². The second kappa shape index (κ2) is 11.3. The molecule has 5 rings (SSSR count). The molecule has 2 aromatic heterocycles. The monoisotopic (exact) mass is 573 g/mol. The molecule has 0 saturated carbocycles. The lowest BCUT2D eigenvalue weighted by atomic mass is 9.93. The molecule has 40 heavy (non-hydrogen) atoms. The first-order valence-corrected chi connectivity index (χ1v) is 14.0. The summed E-state index contributed by atoms with van der Waals surface area (Å²) in [5.74, 6) is 0.477. The van der Waals surface area contributed by atoms with E-state index in [1.807, 2.05) is 61.5 Å². The van der Waals surface area contributed by atoms with Crippen LogP contribution in [0.3, 0.4) is 0 Å². The zero-order valence-corrected chi connectivity index (χ0v) is 24.7. The van der Waals surface area contributed by atoms with Crippen molar-refractivity contribution in [3.05, 3.63) is 100 Å². The third-order valence-corrected chi connectivity index (χ3v) is 8.08. The van der Waals surface area contributed by atoms with Gasteiger partial charge in [-0.2, -0.15) is 0 Å². The second-order valence-corrected chi connectivity index (χ2v) is 10.6. The third-order valence-electron chi connectivity index (χ3n) is 7.53. The normalized spacial score (nSPS) is 16.6. The number of halogens is 1. The lowest BCUT2D eigenvalue weighted by Crippen LogP contribution is -2.30. The molecule has 4 aromatic rings. The van der Waals surface area contributed by atoms with E-state index in [-0.39, 0.29) is 18.0 Å². The number of carbonyl (C=O) groups excluding carboxylic acids is 1. The Morgan fingerprint density at radius 2 is 1.88 bits per heavy atom. The maximum absolute atomic E-state index is 12.1. The molecule has 0 bridgehead atoms. The predicted octanol–water partition coefficient (Wildman–Crippen LogP) is 6.99. The standard InChI is InChI=1S/C31H32ClN5O2S/c1-6-27(38)34-24-14-13-23(17-26(24)39-5)37-30(29(35-31(37)40)25-12-7-8-15-33-25)28-18(2)19(3)36(20(28)4)22-11-9-10-21(32)16-22/h7-17,29-30H,6H2,1-5H3,(H,34,38)(H,35,40)/t29-,30-/m1/s1. The lowest BCUT2D eigenvalue weighted by molar-refractivity contribution is -0.115. The largest absolute Gasteiger partial charge is 0.494 e. The van der Waals surface area contributed by atoms with E-state index in [1.54, 1.807) is 13.3 Å². The summed E-state index contributed by atoms with van der Waals surface area (Å²) in [6.07, 6.45) is 2.18. The number of rotatable bonds is 7. The summed E-state index contributed by atoms with van der Waals surface area (Å²) in [6.45, 7) is 8.23. The maximum Gasteiger partial charge on any atom is 0.224 e. The van der Waals surface area contributed by atoms with E-state index in [0.29, 0.717) is 28.0 Å². The highest BCUT2D eigenvalue weighted by molar-refractivity contribution is 7.80. The molecule has 1 aliphatic rings. The summed E-state index contributed by atoms with van der Waals surface area (Å²) in [7, 11) is 1.60. The van der Waals surface area contributed by atoms with Crippen molar-refractivity contribution in [2.75, 3.05) is 17.3 Å². The van der Waals surface area contributed by atoms with Crippen LogP contribution in [0.15, 0.2) is 66.9 Å². The van der Waals surface area contributed by atoms with Gasteiger partial charge < -0.3 is 24.8 Å². The van der Waals surface area contributed by atoms with Crippen molar-refractivity contribution in [2.45, 2.75) is 46.2 Å². The number of hydrogen-bond acceptors (Lipinski definition) is 4. The number of methoxy groups -OCH3 is 1. The first kappa shape index (κ1) is 27.7. The summed E-state index contributed by atoms with van der Waals surface area (Å²) >= 11 is 12.4. The molecule has 9 heteroatoms. The summed E-state index contributed by atoms with van der Waals surface area (Å²) < 4.78 is 7.93. The minimum absolute atomic E-state index is 0.0819. The summed E-state index contributed by atoms with van der Waals surface area (Å²) in [4.78, 5) is 18.9.